The molecular weight excluding hydrogens is 254 g/mol. The van der Waals surface area contributed by atoms with Gasteiger partial charge in [-0.15, -0.1) is 0 Å². The zero-order chi connectivity index (χ0) is 15.1. The predicted octanol–water partition coefficient (Wildman–Crippen LogP) is 2.41. The smallest absolute Gasteiger partial charge is 0.241 e. The number of benzene rings is 1. The second-order valence-electron chi connectivity index (χ2n) is 4.82. The summed E-state index contributed by atoms with van der Waals surface area (Å²) in [5.41, 5.74) is 8.06. The van der Waals surface area contributed by atoms with E-state index in [1.165, 1.54) is 0 Å². The molecule has 5 nitrogen and oxygen atoms in total. The lowest BCUT2D eigenvalue weighted by atomic mass is 10.1. The highest BCUT2D eigenvalue weighted by Gasteiger charge is 2.13. The van der Waals surface area contributed by atoms with Crippen LogP contribution in [0.4, 0.5) is 11.4 Å². The summed E-state index contributed by atoms with van der Waals surface area (Å²) >= 11 is 0. The van der Waals surface area contributed by atoms with E-state index in [4.69, 9.17) is 5.73 Å². The first-order valence-electron chi connectivity index (χ1n) is 6.94. The lowest BCUT2D eigenvalue weighted by Gasteiger charge is -2.14. The molecule has 110 valence electrons. The number of hydrogen-bond donors (Lipinski definition) is 3. The van der Waals surface area contributed by atoms with E-state index in [9.17, 15) is 9.59 Å². The first kappa shape index (κ1) is 16.2. The average Bonchev–Trinajstić information content (AvgIpc) is 2.42. The summed E-state index contributed by atoms with van der Waals surface area (Å²) in [7, 11) is 0. The molecule has 1 rings (SSSR count). The Morgan fingerprint density at radius 3 is 2.55 bits per heavy atom. The van der Waals surface area contributed by atoms with Crippen LogP contribution in [0.3, 0.4) is 0 Å². The summed E-state index contributed by atoms with van der Waals surface area (Å²) in [5, 5.41) is 5.58. The van der Waals surface area contributed by atoms with Gasteiger partial charge >= 0.3 is 0 Å². The average molecular weight is 277 g/mol. The standard InChI is InChI=1S/C15H23N3O2/c1-4-6-12(16)15(20)18-13-9-11(8-7-10(13)3)17-14(19)5-2/h7-9,12H,4-6,16H2,1-3H3,(H,17,19)(H,18,20)/t12-/m1/s1. The van der Waals surface area contributed by atoms with E-state index >= 15 is 0 Å². The van der Waals surface area contributed by atoms with Gasteiger partial charge in [0.15, 0.2) is 0 Å². The topological polar surface area (TPSA) is 84.2 Å². The summed E-state index contributed by atoms with van der Waals surface area (Å²) < 4.78 is 0. The van der Waals surface area contributed by atoms with Crippen LogP contribution >= 0.6 is 0 Å². The number of nitrogens with two attached hydrogens (primary N) is 1. The number of hydrogen-bond acceptors (Lipinski definition) is 3. The fraction of sp³-hybridized carbons (Fsp3) is 0.467. The van der Waals surface area contributed by atoms with Crippen LogP contribution in [0.1, 0.15) is 38.7 Å². The van der Waals surface area contributed by atoms with Crippen molar-refractivity contribution >= 4 is 23.2 Å². The molecule has 0 heterocycles. The highest BCUT2D eigenvalue weighted by molar-refractivity contribution is 5.97. The molecule has 1 aromatic carbocycles. The van der Waals surface area contributed by atoms with Crippen molar-refractivity contribution in [2.24, 2.45) is 5.73 Å². The van der Waals surface area contributed by atoms with Crippen LogP contribution in [-0.2, 0) is 9.59 Å². The molecule has 0 radical (unpaired) electrons. The van der Waals surface area contributed by atoms with E-state index in [1.807, 2.05) is 26.0 Å². The van der Waals surface area contributed by atoms with Gasteiger partial charge in [0.1, 0.15) is 0 Å². The number of rotatable bonds is 6. The number of amides is 2. The molecule has 0 fully saturated rings. The lowest BCUT2D eigenvalue weighted by molar-refractivity contribution is -0.117. The second kappa shape index (κ2) is 7.65. The fourth-order valence-corrected chi connectivity index (χ4v) is 1.75. The number of anilines is 2. The Balaban J connectivity index is 2.81. The number of carbonyl (C=O) groups is 2. The first-order chi connectivity index (χ1) is 9.47. The van der Waals surface area contributed by atoms with Crippen LogP contribution in [0.5, 0.6) is 0 Å². The molecule has 0 bridgehead atoms. The lowest BCUT2D eigenvalue weighted by Crippen LogP contribution is -2.35. The molecule has 0 aliphatic heterocycles. The van der Waals surface area contributed by atoms with E-state index in [2.05, 4.69) is 10.6 Å². The number of aryl methyl sites for hydroxylation is 1. The van der Waals surface area contributed by atoms with Crippen molar-refractivity contribution in [1.82, 2.24) is 0 Å². The fourth-order valence-electron chi connectivity index (χ4n) is 1.75. The maximum atomic E-state index is 11.9. The van der Waals surface area contributed by atoms with Crippen molar-refractivity contribution < 1.29 is 9.59 Å². The van der Waals surface area contributed by atoms with Gasteiger partial charge in [0.25, 0.3) is 0 Å². The summed E-state index contributed by atoms with van der Waals surface area (Å²) in [6.07, 6.45) is 1.92. The molecule has 4 N–H and O–H groups in total. The summed E-state index contributed by atoms with van der Waals surface area (Å²) in [4.78, 5) is 23.3. The molecule has 0 spiro atoms. The van der Waals surface area contributed by atoms with Gasteiger partial charge in [-0.25, -0.2) is 0 Å². The van der Waals surface area contributed by atoms with Gasteiger partial charge in [-0.3, -0.25) is 9.59 Å². The zero-order valence-electron chi connectivity index (χ0n) is 12.3. The van der Waals surface area contributed by atoms with E-state index in [0.717, 1.165) is 12.0 Å². The van der Waals surface area contributed by atoms with Crippen LogP contribution in [0.25, 0.3) is 0 Å². The van der Waals surface area contributed by atoms with Crippen LogP contribution in [0.15, 0.2) is 18.2 Å². The quantitative estimate of drug-likeness (QED) is 0.746. The molecule has 5 heteroatoms. The van der Waals surface area contributed by atoms with Gasteiger partial charge in [-0.2, -0.15) is 0 Å². The summed E-state index contributed by atoms with van der Waals surface area (Å²) in [6.45, 7) is 5.67. The van der Waals surface area contributed by atoms with E-state index in [0.29, 0.717) is 24.2 Å². The molecular formula is C15H23N3O2. The third-order valence-corrected chi connectivity index (χ3v) is 3.04. The summed E-state index contributed by atoms with van der Waals surface area (Å²) in [6, 6.07) is 4.91. The Morgan fingerprint density at radius 1 is 1.25 bits per heavy atom. The van der Waals surface area contributed by atoms with E-state index in [-0.39, 0.29) is 11.8 Å². The minimum absolute atomic E-state index is 0.0613. The van der Waals surface area contributed by atoms with Crippen molar-refractivity contribution in [3.05, 3.63) is 23.8 Å². The zero-order valence-corrected chi connectivity index (χ0v) is 12.3. The Hall–Kier alpha value is -1.88. The maximum absolute atomic E-state index is 11.9. The van der Waals surface area contributed by atoms with Gasteiger partial charge in [-0.05, 0) is 31.0 Å². The number of carbonyl (C=O) groups excluding carboxylic acids is 2. The molecule has 0 saturated heterocycles. The third-order valence-electron chi connectivity index (χ3n) is 3.04. The third kappa shape index (κ3) is 4.66. The van der Waals surface area contributed by atoms with Crippen molar-refractivity contribution in [2.45, 2.75) is 46.1 Å². The van der Waals surface area contributed by atoms with Gasteiger partial charge in [-0.1, -0.05) is 26.3 Å². The van der Waals surface area contributed by atoms with E-state index < -0.39 is 6.04 Å². The van der Waals surface area contributed by atoms with Crippen molar-refractivity contribution in [2.75, 3.05) is 10.6 Å². The van der Waals surface area contributed by atoms with Crippen molar-refractivity contribution in [1.29, 1.82) is 0 Å². The van der Waals surface area contributed by atoms with Gasteiger partial charge in [0.2, 0.25) is 11.8 Å². The van der Waals surface area contributed by atoms with Crippen molar-refractivity contribution in [3.63, 3.8) is 0 Å². The largest absolute Gasteiger partial charge is 0.326 e. The van der Waals surface area contributed by atoms with Crippen LogP contribution in [-0.4, -0.2) is 17.9 Å². The van der Waals surface area contributed by atoms with E-state index in [1.54, 1.807) is 13.0 Å². The maximum Gasteiger partial charge on any atom is 0.241 e. The SMILES string of the molecule is CCC[C@@H](N)C(=O)Nc1cc(NC(=O)CC)ccc1C. The minimum atomic E-state index is -0.506. The number of nitrogens with one attached hydrogen (secondary N) is 2. The molecule has 0 saturated carbocycles. The van der Waals surface area contributed by atoms with Crippen LogP contribution in [0, 0.1) is 6.92 Å². The Kier molecular flexibility index (Phi) is 6.18. The van der Waals surface area contributed by atoms with Crippen LogP contribution < -0.4 is 16.4 Å². The summed E-state index contributed by atoms with van der Waals surface area (Å²) in [5.74, 6) is -0.261. The molecule has 20 heavy (non-hydrogen) atoms. The molecule has 2 amide bonds. The first-order valence-corrected chi connectivity index (χ1v) is 6.94. The highest BCUT2D eigenvalue weighted by Crippen LogP contribution is 2.20. The molecule has 1 aromatic rings. The minimum Gasteiger partial charge on any atom is -0.326 e. The second-order valence-corrected chi connectivity index (χ2v) is 4.82. The molecule has 0 aliphatic carbocycles. The van der Waals surface area contributed by atoms with Gasteiger partial charge in [0.05, 0.1) is 6.04 Å². The highest BCUT2D eigenvalue weighted by atomic mass is 16.2. The monoisotopic (exact) mass is 277 g/mol. The molecule has 0 aliphatic rings. The Labute approximate surface area is 119 Å². The molecule has 1 atom stereocenters. The van der Waals surface area contributed by atoms with Gasteiger partial charge < -0.3 is 16.4 Å². The Bertz CT molecular complexity index is 486. The molecule has 0 unspecified atom stereocenters. The predicted molar refractivity (Wildman–Crippen MR) is 81.6 cm³/mol. The normalized spacial score (nSPS) is 11.8. The van der Waals surface area contributed by atoms with Gasteiger partial charge in [0, 0.05) is 17.8 Å². The van der Waals surface area contributed by atoms with Crippen LogP contribution in [0.2, 0.25) is 0 Å². The molecule has 0 aromatic heterocycles. The van der Waals surface area contributed by atoms with Crippen molar-refractivity contribution in [3.8, 4) is 0 Å². The Morgan fingerprint density at radius 2 is 1.95 bits per heavy atom.